The van der Waals surface area contributed by atoms with Crippen LogP contribution in [-0.2, 0) is 4.79 Å². The standard InChI is InChI=1S/C10H12BrNO2/c1-7-3-4-8(14-2)5-9(7)12-10(13)6-11/h3-5H,6H2,1-2H3,(H,12,13). The third kappa shape index (κ3) is 2.73. The number of alkyl halides is 1. The summed E-state index contributed by atoms with van der Waals surface area (Å²) in [5.41, 5.74) is 1.80. The lowest BCUT2D eigenvalue weighted by atomic mass is 10.2. The lowest BCUT2D eigenvalue weighted by Gasteiger charge is -2.08. The second kappa shape index (κ2) is 5.00. The molecule has 0 aliphatic carbocycles. The maximum atomic E-state index is 11.1. The highest BCUT2D eigenvalue weighted by atomic mass is 79.9. The number of hydrogen-bond donors (Lipinski definition) is 1. The van der Waals surface area contributed by atoms with E-state index >= 15 is 0 Å². The summed E-state index contributed by atoms with van der Waals surface area (Å²) in [5, 5.41) is 3.06. The number of carbonyl (C=O) groups is 1. The highest BCUT2D eigenvalue weighted by Gasteiger charge is 2.04. The van der Waals surface area contributed by atoms with Crippen LogP contribution in [0.5, 0.6) is 5.75 Å². The summed E-state index contributed by atoms with van der Waals surface area (Å²) in [6.07, 6.45) is 0. The van der Waals surface area contributed by atoms with Crippen molar-refractivity contribution < 1.29 is 9.53 Å². The molecule has 1 N–H and O–H groups in total. The fourth-order valence-electron chi connectivity index (χ4n) is 1.05. The number of ether oxygens (including phenoxy) is 1. The Labute approximate surface area is 91.6 Å². The van der Waals surface area contributed by atoms with Gasteiger partial charge in [-0.3, -0.25) is 4.79 Å². The summed E-state index contributed by atoms with van der Waals surface area (Å²) >= 11 is 3.09. The second-order valence-corrected chi connectivity index (χ2v) is 3.42. The van der Waals surface area contributed by atoms with Crippen LogP contribution in [0.2, 0.25) is 0 Å². The molecule has 0 fully saturated rings. The van der Waals surface area contributed by atoms with Gasteiger partial charge in [0.2, 0.25) is 5.91 Å². The van der Waals surface area contributed by atoms with Crippen molar-refractivity contribution in [1.29, 1.82) is 0 Å². The number of halogens is 1. The summed E-state index contributed by atoms with van der Waals surface area (Å²) in [6.45, 7) is 1.93. The van der Waals surface area contributed by atoms with Crippen molar-refractivity contribution in [2.45, 2.75) is 6.92 Å². The van der Waals surface area contributed by atoms with E-state index in [0.717, 1.165) is 17.0 Å². The topological polar surface area (TPSA) is 38.3 Å². The Hall–Kier alpha value is -1.03. The minimum Gasteiger partial charge on any atom is -0.497 e. The van der Waals surface area contributed by atoms with Gasteiger partial charge in [-0.15, -0.1) is 0 Å². The Kier molecular flexibility index (Phi) is 3.95. The van der Waals surface area contributed by atoms with Gasteiger partial charge >= 0.3 is 0 Å². The van der Waals surface area contributed by atoms with Crippen LogP contribution in [-0.4, -0.2) is 18.3 Å². The van der Waals surface area contributed by atoms with E-state index in [4.69, 9.17) is 4.74 Å². The first kappa shape index (κ1) is 11.0. The number of rotatable bonds is 3. The minimum absolute atomic E-state index is 0.0682. The molecule has 3 nitrogen and oxygen atoms in total. The average Bonchev–Trinajstić information content (AvgIpc) is 2.21. The van der Waals surface area contributed by atoms with Gasteiger partial charge in [-0.1, -0.05) is 22.0 Å². The van der Waals surface area contributed by atoms with Crippen LogP contribution < -0.4 is 10.1 Å². The van der Waals surface area contributed by atoms with E-state index in [0.29, 0.717) is 5.33 Å². The van der Waals surface area contributed by atoms with Crippen LogP contribution in [0.15, 0.2) is 18.2 Å². The smallest absolute Gasteiger partial charge is 0.235 e. The summed E-state index contributed by atoms with van der Waals surface area (Å²) in [4.78, 5) is 11.1. The molecular formula is C10H12BrNO2. The molecule has 0 spiro atoms. The summed E-state index contributed by atoms with van der Waals surface area (Å²) in [7, 11) is 1.60. The number of amides is 1. The van der Waals surface area contributed by atoms with Crippen molar-refractivity contribution in [1.82, 2.24) is 0 Å². The van der Waals surface area contributed by atoms with Crippen LogP contribution in [0.25, 0.3) is 0 Å². The number of carbonyl (C=O) groups excluding carboxylic acids is 1. The second-order valence-electron chi connectivity index (χ2n) is 2.86. The van der Waals surface area contributed by atoms with E-state index in [9.17, 15) is 4.79 Å². The molecule has 0 saturated carbocycles. The molecule has 0 saturated heterocycles. The van der Waals surface area contributed by atoms with Gasteiger partial charge in [0.1, 0.15) is 5.75 Å². The van der Waals surface area contributed by atoms with E-state index < -0.39 is 0 Å². The molecule has 0 heterocycles. The van der Waals surface area contributed by atoms with Gasteiger partial charge < -0.3 is 10.1 Å². The normalized spacial score (nSPS) is 9.64. The molecule has 76 valence electrons. The first-order chi connectivity index (χ1) is 6.67. The quantitative estimate of drug-likeness (QED) is 0.845. The minimum atomic E-state index is -0.0682. The molecule has 14 heavy (non-hydrogen) atoms. The number of nitrogens with one attached hydrogen (secondary N) is 1. The molecule has 0 atom stereocenters. The molecule has 0 unspecified atom stereocenters. The zero-order valence-corrected chi connectivity index (χ0v) is 9.72. The highest BCUT2D eigenvalue weighted by molar-refractivity contribution is 9.09. The van der Waals surface area contributed by atoms with Gasteiger partial charge in [-0.2, -0.15) is 0 Å². The van der Waals surface area contributed by atoms with Crippen molar-refractivity contribution in [2.75, 3.05) is 17.8 Å². The van der Waals surface area contributed by atoms with Gasteiger partial charge in [-0.05, 0) is 18.6 Å². The van der Waals surface area contributed by atoms with E-state index in [2.05, 4.69) is 21.2 Å². The fourth-order valence-corrected chi connectivity index (χ4v) is 1.19. The average molecular weight is 258 g/mol. The molecule has 1 aromatic rings. The molecule has 4 heteroatoms. The van der Waals surface area contributed by atoms with Crippen molar-refractivity contribution in [3.63, 3.8) is 0 Å². The SMILES string of the molecule is COc1ccc(C)c(NC(=O)CBr)c1. The lowest BCUT2D eigenvalue weighted by molar-refractivity contribution is -0.113. The van der Waals surface area contributed by atoms with Gasteiger partial charge in [0.25, 0.3) is 0 Å². The molecule has 0 aliphatic heterocycles. The Morgan fingerprint density at radius 2 is 2.29 bits per heavy atom. The van der Waals surface area contributed by atoms with Crippen molar-refractivity contribution in [3.05, 3.63) is 23.8 Å². The molecule has 1 amide bonds. The van der Waals surface area contributed by atoms with Crippen LogP contribution >= 0.6 is 15.9 Å². The van der Waals surface area contributed by atoms with E-state index in [1.165, 1.54) is 0 Å². The zero-order valence-electron chi connectivity index (χ0n) is 8.13. The third-order valence-electron chi connectivity index (χ3n) is 1.84. The van der Waals surface area contributed by atoms with E-state index in [1.807, 2.05) is 19.1 Å². The molecule has 0 aliphatic rings. The Morgan fingerprint density at radius 1 is 1.57 bits per heavy atom. The van der Waals surface area contributed by atoms with Crippen molar-refractivity contribution in [2.24, 2.45) is 0 Å². The predicted octanol–water partition coefficient (Wildman–Crippen LogP) is 2.34. The Balaban J connectivity index is 2.89. The third-order valence-corrected chi connectivity index (χ3v) is 2.35. The van der Waals surface area contributed by atoms with Crippen molar-refractivity contribution >= 4 is 27.5 Å². The van der Waals surface area contributed by atoms with Crippen LogP contribution in [0.3, 0.4) is 0 Å². The van der Waals surface area contributed by atoms with E-state index in [-0.39, 0.29) is 5.91 Å². The van der Waals surface area contributed by atoms with Gasteiger partial charge in [0, 0.05) is 11.8 Å². The van der Waals surface area contributed by atoms with E-state index in [1.54, 1.807) is 13.2 Å². The monoisotopic (exact) mass is 257 g/mol. The number of benzene rings is 1. The Bertz CT molecular complexity index is 339. The molecule has 1 rings (SSSR count). The summed E-state index contributed by atoms with van der Waals surface area (Å²) in [6, 6.07) is 5.57. The first-order valence-electron chi connectivity index (χ1n) is 4.18. The van der Waals surface area contributed by atoms with Crippen LogP contribution in [0, 0.1) is 6.92 Å². The van der Waals surface area contributed by atoms with Gasteiger partial charge in [0.05, 0.1) is 12.4 Å². The maximum absolute atomic E-state index is 11.1. The largest absolute Gasteiger partial charge is 0.497 e. The van der Waals surface area contributed by atoms with Crippen LogP contribution in [0.4, 0.5) is 5.69 Å². The lowest BCUT2D eigenvalue weighted by Crippen LogP contribution is -2.13. The Morgan fingerprint density at radius 3 is 2.86 bits per heavy atom. The first-order valence-corrected chi connectivity index (χ1v) is 5.30. The molecule has 0 bridgehead atoms. The van der Waals surface area contributed by atoms with Crippen molar-refractivity contribution in [3.8, 4) is 5.75 Å². The number of anilines is 1. The highest BCUT2D eigenvalue weighted by Crippen LogP contribution is 2.21. The number of hydrogen-bond acceptors (Lipinski definition) is 2. The summed E-state index contributed by atoms with van der Waals surface area (Å²) in [5.74, 6) is 0.668. The summed E-state index contributed by atoms with van der Waals surface area (Å²) < 4.78 is 5.06. The van der Waals surface area contributed by atoms with Gasteiger partial charge in [-0.25, -0.2) is 0 Å². The van der Waals surface area contributed by atoms with Gasteiger partial charge in [0.15, 0.2) is 0 Å². The number of methoxy groups -OCH3 is 1. The molecular weight excluding hydrogens is 246 g/mol. The molecule has 1 aromatic carbocycles. The molecule has 0 aromatic heterocycles. The molecule has 0 radical (unpaired) electrons. The fraction of sp³-hybridized carbons (Fsp3) is 0.300. The predicted molar refractivity (Wildman–Crippen MR) is 60.2 cm³/mol. The number of aryl methyl sites for hydroxylation is 1. The zero-order chi connectivity index (χ0) is 10.6. The van der Waals surface area contributed by atoms with Crippen LogP contribution in [0.1, 0.15) is 5.56 Å². The maximum Gasteiger partial charge on any atom is 0.235 e.